The molecular weight excluding hydrogens is 262 g/mol. The first-order chi connectivity index (χ1) is 7.47. The van der Waals surface area contributed by atoms with Crippen molar-refractivity contribution < 1.29 is 0 Å². The second kappa shape index (κ2) is 4.50. The largest absolute Gasteiger partial charge is 0.311 e. The number of hydrogen-bond acceptors (Lipinski definition) is 1. The highest BCUT2D eigenvalue weighted by Gasteiger charge is 2.45. The fourth-order valence-electron chi connectivity index (χ4n) is 2.13. The van der Waals surface area contributed by atoms with E-state index in [1.165, 1.54) is 12.0 Å². The Kier molecular flexibility index (Phi) is 3.41. The van der Waals surface area contributed by atoms with Crippen LogP contribution in [0.1, 0.15) is 32.8 Å². The fraction of sp³-hybridized carbons (Fsp3) is 0.571. The van der Waals surface area contributed by atoms with E-state index in [0.717, 1.165) is 16.9 Å². The van der Waals surface area contributed by atoms with E-state index in [4.69, 9.17) is 0 Å². The van der Waals surface area contributed by atoms with E-state index in [1.807, 2.05) is 0 Å². The molecule has 0 saturated heterocycles. The van der Waals surface area contributed by atoms with Gasteiger partial charge in [-0.1, -0.05) is 41.9 Å². The summed E-state index contributed by atoms with van der Waals surface area (Å²) >= 11 is 3.46. The maximum absolute atomic E-state index is 3.70. The number of hydrogen-bond donors (Lipinski definition) is 1. The third-order valence-electron chi connectivity index (χ3n) is 3.45. The van der Waals surface area contributed by atoms with Crippen LogP contribution in [-0.2, 0) is 6.42 Å². The Bertz CT molecular complexity index is 356. The molecule has 1 nitrogen and oxygen atoms in total. The normalized spacial score (nSPS) is 24.1. The molecule has 0 spiro atoms. The summed E-state index contributed by atoms with van der Waals surface area (Å²) in [7, 11) is 0. The quantitative estimate of drug-likeness (QED) is 0.886. The molecule has 1 aromatic rings. The van der Waals surface area contributed by atoms with Gasteiger partial charge in [-0.15, -0.1) is 0 Å². The second-order valence-electron chi connectivity index (χ2n) is 5.64. The Morgan fingerprint density at radius 3 is 2.44 bits per heavy atom. The van der Waals surface area contributed by atoms with Crippen LogP contribution in [0.3, 0.4) is 0 Å². The Morgan fingerprint density at radius 1 is 1.38 bits per heavy atom. The summed E-state index contributed by atoms with van der Waals surface area (Å²) in [4.78, 5) is 0. The molecule has 2 unspecified atom stereocenters. The van der Waals surface area contributed by atoms with Crippen molar-refractivity contribution in [3.63, 3.8) is 0 Å². The molecule has 1 saturated carbocycles. The molecule has 2 heteroatoms. The van der Waals surface area contributed by atoms with E-state index in [2.05, 4.69) is 66.3 Å². The van der Waals surface area contributed by atoms with Crippen molar-refractivity contribution in [3.05, 3.63) is 34.3 Å². The summed E-state index contributed by atoms with van der Waals surface area (Å²) in [5.74, 6) is 0. The molecule has 0 heterocycles. The topological polar surface area (TPSA) is 12.0 Å². The van der Waals surface area contributed by atoms with Crippen molar-refractivity contribution in [3.8, 4) is 0 Å². The summed E-state index contributed by atoms with van der Waals surface area (Å²) in [6, 6.07) is 9.90. The Balaban J connectivity index is 1.83. The molecule has 0 aliphatic heterocycles. The van der Waals surface area contributed by atoms with Crippen molar-refractivity contribution >= 4 is 15.9 Å². The van der Waals surface area contributed by atoms with Gasteiger partial charge in [0.1, 0.15) is 0 Å². The van der Waals surface area contributed by atoms with E-state index < -0.39 is 0 Å². The Labute approximate surface area is 107 Å². The third-order valence-corrected chi connectivity index (χ3v) is 3.98. The van der Waals surface area contributed by atoms with E-state index in [1.54, 1.807) is 0 Å². The average molecular weight is 282 g/mol. The molecule has 1 aliphatic carbocycles. The molecular formula is C14H20BrN. The number of nitrogens with one attached hydrogen (secondary N) is 1. The smallest absolute Gasteiger partial charge is 0.0175 e. The lowest BCUT2D eigenvalue weighted by atomic mass is 10.1. The first-order valence-electron chi connectivity index (χ1n) is 5.98. The minimum atomic E-state index is 0.522. The Hall–Kier alpha value is -0.340. The lowest BCUT2D eigenvalue weighted by Gasteiger charge is -2.15. The number of benzene rings is 1. The van der Waals surface area contributed by atoms with Crippen LogP contribution in [0.15, 0.2) is 28.7 Å². The van der Waals surface area contributed by atoms with Crippen LogP contribution in [0.25, 0.3) is 0 Å². The summed E-state index contributed by atoms with van der Waals surface area (Å²) in [6.07, 6.45) is 2.43. The van der Waals surface area contributed by atoms with Gasteiger partial charge >= 0.3 is 0 Å². The van der Waals surface area contributed by atoms with Crippen LogP contribution in [0, 0.1) is 5.41 Å². The zero-order valence-corrected chi connectivity index (χ0v) is 11.8. The van der Waals surface area contributed by atoms with Gasteiger partial charge in [-0.25, -0.2) is 0 Å². The van der Waals surface area contributed by atoms with Crippen molar-refractivity contribution in [2.24, 2.45) is 5.41 Å². The molecule has 1 fully saturated rings. The molecule has 0 bridgehead atoms. The van der Waals surface area contributed by atoms with Crippen molar-refractivity contribution in [2.75, 3.05) is 0 Å². The standard InChI is InChI=1S/C14H20BrN/c1-10(16-13-9-14(13,2)3)8-11-4-6-12(15)7-5-11/h4-7,10,13,16H,8-9H2,1-3H3. The molecule has 0 aromatic heterocycles. The number of halogens is 1. The van der Waals surface area contributed by atoms with Crippen LogP contribution in [0.4, 0.5) is 0 Å². The Morgan fingerprint density at radius 2 is 1.94 bits per heavy atom. The second-order valence-corrected chi connectivity index (χ2v) is 6.56. The zero-order chi connectivity index (χ0) is 11.8. The highest BCUT2D eigenvalue weighted by atomic mass is 79.9. The molecule has 0 radical (unpaired) electrons. The van der Waals surface area contributed by atoms with Crippen LogP contribution < -0.4 is 5.32 Å². The lowest BCUT2D eigenvalue weighted by molar-refractivity contribution is 0.478. The maximum Gasteiger partial charge on any atom is 0.0175 e. The van der Waals surface area contributed by atoms with Gasteiger partial charge in [0, 0.05) is 16.6 Å². The van der Waals surface area contributed by atoms with E-state index >= 15 is 0 Å². The first-order valence-corrected chi connectivity index (χ1v) is 6.77. The minimum Gasteiger partial charge on any atom is -0.311 e. The van der Waals surface area contributed by atoms with Crippen molar-refractivity contribution in [1.29, 1.82) is 0 Å². The highest BCUT2D eigenvalue weighted by Crippen LogP contribution is 2.44. The predicted molar refractivity (Wildman–Crippen MR) is 72.6 cm³/mol. The van der Waals surface area contributed by atoms with E-state index in [0.29, 0.717) is 11.5 Å². The molecule has 1 N–H and O–H groups in total. The van der Waals surface area contributed by atoms with Crippen LogP contribution in [-0.4, -0.2) is 12.1 Å². The van der Waals surface area contributed by atoms with Gasteiger partial charge in [0.15, 0.2) is 0 Å². The van der Waals surface area contributed by atoms with Gasteiger partial charge in [0.05, 0.1) is 0 Å². The first kappa shape index (κ1) is 12.1. The predicted octanol–water partition coefficient (Wildman–Crippen LogP) is 3.77. The molecule has 2 atom stereocenters. The summed E-state index contributed by atoms with van der Waals surface area (Å²) < 4.78 is 1.15. The number of rotatable bonds is 4. The SMILES string of the molecule is CC(Cc1ccc(Br)cc1)NC1CC1(C)C. The van der Waals surface area contributed by atoms with Crippen LogP contribution in [0.5, 0.6) is 0 Å². The molecule has 0 amide bonds. The molecule has 1 aliphatic rings. The van der Waals surface area contributed by atoms with Gasteiger partial charge in [-0.2, -0.15) is 0 Å². The summed E-state index contributed by atoms with van der Waals surface area (Å²) in [5.41, 5.74) is 1.93. The molecule has 16 heavy (non-hydrogen) atoms. The fourth-order valence-corrected chi connectivity index (χ4v) is 2.39. The zero-order valence-electron chi connectivity index (χ0n) is 10.3. The van der Waals surface area contributed by atoms with Crippen LogP contribution >= 0.6 is 15.9 Å². The molecule has 1 aromatic carbocycles. The molecule has 2 rings (SSSR count). The van der Waals surface area contributed by atoms with Gasteiger partial charge in [-0.3, -0.25) is 0 Å². The monoisotopic (exact) mass is 281 g/mol. The van der Waals surface area contributed by atoms with Gasteiger partial charge in [0.2, 0.25) is 0 Å². The maximum atomic E-state index is 3.70. The van der Waals surface area contributed by atoms with Crippen molar-refractivity contribution in [2.45, 2.75) is 45.7 Å². The summed E-state index contributed by atoms with van der Waals surface area (Å²) in [5, 5.41) is 3.70. The minimum absolute atomic E-state index is 0.522. The van der Waals surface area contributed by atoms with E-state index in [-0.39, 0.29) is 0 Å². The summed E-state index contributed by atoms with van der Waals surface area (Å²) in [6.45, 7) is 6.93. The molecule has 88 valence electrons. The third kappa shape index (κ3) is 3.08. The van der Waals surface area contributed by atoms with E-state index in [9.17, 15) is 0 Å². The van der Waals surface area contributed by atoms with Gasteiger partial charge in [0.25, 0.3) is 0 Å². The van der Waals surface area contributed by atoms with Crippen LogP contribution in [0.2, 0.25) is 0 Å². The van der Waals surface area contributed by atoms with Gasteiger partial charge in [-0.05, 0) is 42.9 Å². The average Bonchev–Trinajstić information content (AvgIpc) is 2.77. The van der Waals surface area contributed by atoms with Gasteiger partial charge < -0.3 is 5.32 Å². The highest BCUT2D eigenvalue weighted by molar-refractivity contribution is 9.10. The lowest BCUT2D eigenvalue weighted by Crippen LogP contribution is -2.32. The van der Waals surface area contributed by atoms with Crippen molar-refractivity contribution in [1.82, 2.24) is 5.32 Å².